The minimum absolute atomic E-state index is 0.162. The Morgan fingerprint density at radius 2 is 2.15 bits per heavy atom. The second-order valence-electron chi connectivity index (χ2n) is 5.97. The van der Waals surface area contributed by atoms with Crippen molar-refractivity contribution in [1.82, 2.24) is 4.90 Å². The third kappa shape index (κ3) is 2.70. The first-order valence-corrected chi connectivity index (χ1v) is 7.71. The van der Waals surface area contributed by atoms with Crippen LogP contribution in [0.2, 0.25) is 0 Å². The molecular weight excluding hydrogens is 248 g/mol. The number of nitrogens with zero attached hydrogens (tertiary/aromatic N) is 1. The Morgan fingerprint density at radius 1 is 1.40 bits per heavy atom. The quantitative estimate of drug-likeness (QED) is 0.868. The molecule has 2 rings (SSSR count). The maximum Gasteiger partial charge on any atom is 0.123 e. The van der Waals surface area contributed by atoms with Crippen LogP contribution in [0.15, 0.2) is 24.3 Å². The van der Waals surface area contributed by atoms with Crippen molar-refractivity contribution in [3.05, 3.63) is 29.8 Å². The first-order valence-electron chi connectivity index (χ1n) is 7.71. The summed E-state index contributed by atoms with van der Waals surface area (Å²) in [5, 5.41) is 0. The summed E-state index contributed by atoms with van der Waals surface area (Å²) in [7, 11) is 3.95. The third-order valence-corrected chi connectivity index (χ3v) is 5.13. The van der Waals surface area contributed by atoms with E-state index in [0.717, 1.165) is 18.8 Å². The fourth-order valence-electron chi connectivity index (χ4n) is 3.89. The molecule has 0 radical (unpaired) electrons. The van der Waals surface area contributed by atoms with Crippen molar-refractivity contribution in [3.8, 4) is 5.75 Å². The predicted molar refractivity (Wildman–Crippen MR) is 83.9 cm³/mol. The maximum atomic E-state index is 6.19. The van der Waals surface area contributed by atoms with Crippen LogP contribution >= 0.6 is 0 Å². The third-order valence-electron chi connectivity index (χ3n) is 5.13. The molecule has 3 heteroatoms. The molecule has 0 aromatic heterocycles. The molecule has 3 nitrogen and oxygen atoms in total. The SMILES string of the molecule is CCC1CCCC1(CN)N(C)Cc1ccccc1OC. The van der Waals surface area contributed by atoms with Crippen LogP contribution in [-0.2, 0) is 6.54 Å². The van der Waals surface area contributed by atoms with E-state index in [1.54, 1.807) is 7.11 Å². The van der Waals surface area contributed by atoms with Gasteiger partial charge in [-0.05, 0) is 31.9 Å². The minimum atomic E-state index is 0.162. The summed E-state index contributed by atoms with van der Waals surface area (Å²) in [6, 6.07) is 8.28. The highest BCUT2D eigenvalue weighted by Crippen LogP contribution is 2.42. The monoisotopic (exact) mass is 276 g/mol. The lowest BCUT2D eigenvalue weighted by atomic mass is 9.83. The van der Waals surface area contributed by atoms with Crippen LogP contribution in [0.3, 0.4) is 0 Å². The molecule has 1 fully saturated rings. The van der Waals surface area contributed by atoms with Gasteiger partial charge in [-0.25, -0.2) is 0 Å². The van der Waals surface area contributed by atoms with Crippen LogP contribution in [0.25, 0.3) is 0 Å². The molecule has 1 aliphatic carbocycles. The number of hydrogen-bond acceptors (Lipinski definition) is 3. The van der Waals surface area contributed by atoms with Crippen molar-refractivity contribution >= 4 is 0 Å². The second-order valence-corrected chi connectivity index (χ2v) is 5.97. The van der Waals surface area contributed by atoms with E-state index >= 15 is 0 Å². The van der Waals surface area contributed by atoms with Crippen LogP contribution in [0, 0.1) is 5.92 Å². The molecule has 20 heavy (non-hydrogen) atoms. The summed E-state index contributed by atoms with van der Waals surface area (Å²) >= 11 is 0. The first-order chi connectivity index (χ1) is 9.67. The van der Waals surface area contributed by atoms with Crippen molar-refractivity contribution in [2.24, 2.45) is 11.7 Å². The van der Waals surface area contributed by atoms with Crippen LogP contribution in [-0.4, -0.2) is 31.1 Å². The summed E-state index contributed by atoms with van der Waals surface area (Å²) in [6.07, 6.45) is 5.04. The van der Waals surface area contributed by atoms with E-state index in [1.165, 1.54) is 31.2 Å². The van der Waals surface area contributed by atoms with Crippen LogP contribution in [0.1, 0.15) is 38.2 Å². The van der Waals surface area contributed by atoms with Crippen molar-refractivity contribution < 1.29 is 4.74 Å². The van der Waals surface area contributed by atoms with Gasteiger partial charge in [-0.1, -0.05) is 38.0 Å². The summed E-state index contributed by atoms with van der Waals surface area (Å²) in [5.74, 6) is 1.68. The fraction of sp³-hybridized carbons (Fsp3) is 0.647. The maximum absolute atomic E-state index is 6.19. The fourth-order valence-corrected chi connectivity index (χ4v) is 3.89. The van der Waals surface area contributed by atoms with Crippen LogP contribution in [0.5, 0.6) is 5.75 Å². The molecule has 0 saturated heterocycles. The number of methoxy groups -OCH3 is 1. The minimum Gasteiger partial charge on any atom is -0.496 e. The van der Waals surface area contributed by atoms with E-state index in [4.69, 9.17) is 10.5 Å². The Hall–Kier alpha value is -1.06. The highest BCUT2D eigenvalue weighted by atomic mass is 16.5. The molecule has 0 spiro atoms. The zero-order chi connectivity index (χ0) is 14.6. The predicted octanol–water partition coefficient (Wildman–Crippen LogP) is 3.03. The molecule has 1 saturated carbocycles. The van der Waals surface area contributed by atoms with Crippen LogP contribution in [0.4, 0.5) is 0 Å². The van der Waals surface area contributed by atoms with Gasteiger partial charge in [0.1, 0.15) is 5.75 Å². The van der Waals surface area contributed by atoms with Crippen molar-refractivity contribution in [2.75, 3.05) is 20.7 Å². The standard InChI is InChI=1S/C17H28N2O/c1-4-15-9-7-11-17(15,13-18)19(2)12-14-8-5-6-10-16(14)20-3/h5-6,8,10,15H,4,7,9,11-13,18H2,1-3H3. The normalized spacial score (nSPS) is 26.1. The van der Waals surface area contributed by atoms with E-state index in [1.807, 2.05) is 12.1 Å². The Kier molecular flexibility index (Phi) is 5.06. The molecule has 0 amide bonds. The summed E-state index contributed by atoms with van der Waals surface area (Å²) in [5.41, 5.74) is 7.59. The van der Waals surface area contributed by atoms with Gasteiger partial charge in [0.25, 0.3) is 0 Å². The molecular formula is C17H28N2O. The Bertz CT molecular complexity index is 435. The molecule has 2 unspecified atom stereocenters. The Morgan fingerprint density at radius 3 is 2.80 bits per heavy atom. The van der Waals surface area contributed by atoms with Gasteiger partial charge >= 0.3 is 0 Å². The van der Waals surface area contributed by atoms with Crippen molar-refractivity contribution in [1.29, 1.82) is 0 Å². The van der Waals surface area contributed by atoms with Gasteiger partial charge in [-0.2, -0.15) is 0 Å². The zero-order valence-corrected chi connectivity index (χ0v) is 13.1. The molecule has 1 aromatic carbocycles. The summed E-state index contributed by atoms with van der Waals surface area (Å²) in [6.45, 7) is 3.94. The molecule has 0 heterocycles. The zero-order valence-electron chi connectivity index (χ0n) is 13.1. The van der Waals surface area contributed by atoms with Crippen LogP contribution < -0.4 is 10.5 Å². The average molecular weight is 276 g/mol. The van der Waals surface area contributed by atoms with Gasteiger partial charge in [-0.15, -0.1) is 0 Å². The van der Waals surface area contributed by atoms with Gasteiger partial charge in [-0.3, -0.25) is 4.90 Å². The molecule has 1 aromatic rings. The molecule has 112 valence electrons. The number of ether oxygens (including phenoxy) is 1. The number of likely N-dealkylation sites (N-methyl/N-ethyl adjacent to an activating group) is 1. The second kappa shape index (κ2) is 6.59. The number of nitrogens with two attached hydrogens (primary N) is 1. The van der Waals surface area contributed by atoms with Crippen molar-refractivity contribution in [3.63, 3.8) is 0 Å². The smallest absolute Gasteiger partial charge is 0.123 e. The van der Waals surface area contributed by atoms with E-state index in [-0.39, 0.29) is 5.54 Å². The molecule has 0 aliphatic heterocycles. The average Bonchev–Trinajstić information content (AvgIpc) is 2.92. The number of hydrogen-bond donors (Lipinski definition) is 1. The van der Waals surface area contributed by atoms with E-state index < -0.39 is 0 Å². The summed E-state index contributed by atoms with van der Waals surface area (Å²) in [4.78, 5) is 2.46. The molecule has 1 aliphatic rings. The van der Waals surface area contributed by atoms with E-state index in [9.17, 15) is 0 Å². The van der Waals surface area contributed by atoms with Gasteiger partial charge in [0.2, 0.25) is 0 Å². The lowest BCUT2D eigenvalue weighted by Crippen LogP contribution is -2.54. The van der Waals surface area contributed by atoms with Gasteiger partial charge in [0.15, 0.2) is 0 Å². The Labute approximate surface area is 123 Å². The molecule has 0 bridgehead atoms. The summed E-state index contributed by atoms with van der Waals surface area (Å²) < 4.78 is 5.47. The number of benzene rings is 1. The number of para-hydroxylation sites is 1. The largest absolute Gasteiger partial charge is 0.496 e. The molecule has 2 atom stereocenters. The first kappa shape index (κ1) is 15.3. The number of rotatable bonds is 6. The van der Waals surface area contributed by atoms with Crippen molar-refractivity contribution in [2.45, 2.75) is 44.7 Å². The highest BCUT2D eigenvalue weighted by Gasteiger charge is 2.43. The lowest BCUT2D eigenvalue weighted by Gasteiger charge is -2.43. The molecule has 2 N–H and O–H groups in total. The van der Waals surface area contributed by atoms with E-state index in [2.05, 4.69) is 31.0 Å². The van der Waals surface area contributed by atoms with Gasteiger partial charge < -0.3 is 10.5 Å². The van der Waals surface area contributed by atoms with E-state index in [0.29, 0.717) is 5.92 Å². The lowest BCUT2D eigenvalue weighted by molar-refractivity contribution is 0.0740. The highest BCUT2D eigenvalue weighted by molar-refractivity contribution is 5.33. The van der Waals surface area contributed by atoms with Gasteiger partial charge in [0, 0.05) is 24.2 Å². The topological polar surface area (TPSA) is 38.5 Å². The Balaban J connectivity index is 2.19. The van der Waals surface area contributed by atoms with Gasteiger partial charge in [0.05, 0.1) is 7.11 Å².